The lowest BCUT2D eigenvalue weighted by Gasteiger charge is -2.40. The van der Waals surface area contributed by atoms with Crippen molar-refractivity contribution in [1.82, 2.24) is 9.78 Å². The first-order valence-corrected chi connectivity index (χ1v) is 10.3. The van der Waals surface area contributed by atoms with E-state index in [0.29, 0.717) is 17.0 Å². The van der Waals surface area contributed by atoms with E-state index in [0.717, 1.165) is 28.6 Å². The number of aryl methyl sites for hydroxylation is 1. The van der Waals surface area contributed by atoms with E-state index >= 15 is 0 Å². The molecule has 5 atom stereocenters. The zero-order chi connectivity index (χ0) is 21.4. The smallest absolute Gasteiger partial charge is 0.113 e. The summed E-state index contributed by atoms with van der Waals surface area (Å²) in [6.07, 6.45) is -3.56. The molecule has 4 rings (SSSR count). The highest BCUT2D eigenvalue weighted by atomic mass is 35.5. The molecular weight excluding hydrogens is 408 g/mol. The number of rotatable bonds is 5. The van der Waals surface area contributed by atoms with E-state index in [1.54, 1.807) is 12.1 Å². The van der Waals surface area contributed by atoms with E-state index in [1.807, 2.05) is 36.0 Å². The molecule has 0 unspecified atom stereocenters. The molecule has 7 nitrogen and oxygen atoms in total. The summed E-state index contributed by atoms with van der Waals surface area (Å²) in [5, 5.41) is 45.9. The molecule has 0 spiro atoms. The van der Waals surface area contributed by atoms with E-state index in [1.165, 1.54) is 0 Å². The van der Waals surface area contributed by atoms with Crippen molar-refractivity contribution in [2.75, 3.05) is 6.61 Å². The maximum absolute atomic E-state index is 10.4. The maximum Gasteiger partial charge on any atom is 0.113 e. The van der Waals surface area contributed by atoms with Gasteiger partial charge in [-0.05, 0) is 48.2 Å². The van der Waals surface area contributed by atoms with Crippen molar-refractivity contribution < 1.29 is 25.2 Å². The number of benzene rings is 2. The number of aliphatic hydroxyl groups excluding tert-OH is 4. The van der Waals surface area contributed by atoms with Crippen LogP contribution in [0.25, 0.3) is 10.9 Å². The molecule has 0 radical (unpaired) electrons. The van der Waals surface area contributed by atoms with Crippen LogP contribution in [-0.4, -0.2) is 61.2 Å². The molecule has 1 aromatic heterocycles. The fraction of sp³-hybridized carbons (Fsp3) is 0.409. The van der Waals surface area contributed by atoms with Gasteiger partial charge in [0.1, 0.15) is 30.5 Å². The monoisotopic (exact) mass is 432 g/mol. The van der Waals surface area contributed by atoms with Crippen LogP contribution in [0.15, 0.2) is 42.6 Å². The number of ether oxygens (including phenoxy) is 1. The zero-order valence-electron chi connectivity index (χ0n) is 16.5. The predicted molar refractivity (Wildman–Crippen MR) is 112 cm³/mol. The van der Waals surface area contributed by atoms with Crippen LogP contribution in [-0.2, 0) is 17.7 Å². The Morgan fingerprint density at radius 1 is 1.07 bits per heavy atom. The van der Waals surface area contributed by atoms with Crippen molar-refractivity contribution in [2.45, 2.75) is 50.4 Å². The van der Waals surface area contributed by atoms with Gasteiger partial charge in [-0.1, -0.05) is 29.8 Å². The Bertz CT molecular complexity index is 1040. The van der Waals surface area contributed by atoms with Crippen LogP contribution in [0, 0.1) is 0 Å². The van der Waals surface area contributed by atoms with Crippen molar-refractivity contribution in [2.24, 2.45) is 0 Å². The van der Waals surface area contributed by atoms with E-state index in [-0.39, 0.29) is 0 Å². The third-order valence-corrected chi connectivity index (χ3v) is 6.06. The number of hydrogen-bond donors (Lipinski definition) is 4. The van der Waals surface area contributed by atoms with Crippen molar-refractivity contribution >= 4 is 22.5 Å². The zero-order valence-corrected chi connectivity index (χ0v) is 17.3. The molecule has 30 heavy (non-hydrogen) atoms. The Morgan fingerprint density at radius 2 is 1.87 bits per heavy atom. The SMILES string of the molecule is CCn1ncc2cc(Cc3cc([C@@H]4O[C@H](CO)[C@@H](O)[C@H](O)[C@H]4O)ccc3Cl)ccc21. The lowest BCUT2D eigenvalue weighted by molar-refractivity contribution is -0.231. The third-order valence-electron chi connectivity index (χ3n) is 5.69. The summed E-state index contributed by atoms with van der Waals surface area (Å²) in [7, 11) is 0. The largest absolute Gasteiger partial charge is 0.394 e. The van der Waals surface area contributed by atoms with E-state index in [2.05, 4.69) is 11.2 Å². The Morgan fingerprint density at radius 3 is 2.60 bits per heavy atom. The van der Waals surface area contributed by atoms with Gasteiger partial charge in [0.25, 0.3) is 0 Å². The van der Waals surface area contributed by atoms with Gasteiger partial charge < -0.3 is 25.2 Å². The number of nitrogens with zero attached hydrogens (tertiary/aromatic N) is 2. The van der Waals surface area contributed by atoms with Gasteiger partial charge in [0.2, 0.25) is 0 Å². The van der Waals surface area contributed by atoms with Crippen LogP contribution in [0.5, 0.6) is 0 Å². The number of halogens is 1. The fourth-order valence-electron chi connectivity index (χ4n) is 4.00. The summed E-state index contributed by atoms with van der Waals surface area (Å²) in [4.78, 5) is 0. The number of fused-ring (bicyclic) bond motifs is 1. The quantitative estimate of drug-likeness (QED) is 0.490. The van der Waals surface area contributed by atoms with Crippen LogP contribution in [0.1, 0.15) is 29.7 Å². The topological polar surface area (TPSA) is 108 Å². The molecular formula is C22H25ClN2O5. The molecule has 0 amide bonds. The number of aromatic nitrogens is 2. The minimum Gasteiger partial charge on any atom is -0.394 e. The lowest BCUT2D eigenvalue weighted by atomic mass is 9.90. The lowest BCUT2D eigenvalue weighted by Crippen LogP contribution is -2.55. The average molecular weight is 433 g/mol. The van der Waals surface area contributed by atoms with Crippen molar-refractivity contribution in [3.8, 4) is 0 Å². The molecule has 3 aromatic rings. The van der Waals surface area contributed by atoms with Crippen LogP contribution in [0.4, 0.5) is 0 Å². The number of hydrogen-bond acceptors (Lipinski definition) is 6. The Balaban J connectivity index is 1.62. The summed E-state index contributed by atoms with van der Waals surface area (Å²) < 4.78 is 7.61. The fourth-order valence-corrected chi connectivity index (χ4v) is 4.19. The van der Waals surface area contributed by atoms with Crippen molar-refractivity contribution in [1.29, 1.82) is 0 Å². The molecule has 0 saturated carbocycles. The molecule has 1 fully saturated rings. The van der Waals surface area contributed by atoms with Crippen LogP contribution < -0.4 is 0 Å². The molecule has 0 aliphatic carbocycles. The summed E-state index contributed by atoms with van der Waals surface area (Å²) in [6, 6.07) is 11.4. The summed E-state index contributed by atoms with van der Waals surface area (Å²) in [5.41, 5.74) is 3.59. The molecule has 4 N–H and O–H groups in total. The first kappa shape index (κ1) is 21.2. The van der Waals surface area contributed by atoms with Gasteiger partial charge in [0, 0.05) is 17.0 Å². The predicted octanol–water partition coefficient (Wildman–Crippen LogP) is 1.82. The summed E-state index contributed by atoms with van der Waals surface area (Å²) in [6.45, 7) is 2.38. The molecule has 0 bridgehead atoms. The standard InChI is InChI=1S/C22H25ClN2O5/c1-2-25-17-6-3-12(8-15(17)10-24-25)7-14-9-13(4-5-16(14)23)22-21(29)20(28)19(27)18(11-26)30-22/h3-6,8-10,18-22,26-29H,2,7,11H2,1H3/t18-,19-,20+,21-,22+/m1/s1. The second-order valence-electron chi connectivity index (χ2n) is 7.63. The first-order valence-electron chi connectivity index (χ1n) is 9.96. The normalized spacial score (nSPS) is 26.9. The third kappa shape index (κ3) is 3.85. The van der Waals surface area contributed by atoms with Gasteiger partial charge in [0.15, 0.2) is 0 Å². The van der Waals surface area contributed by atoms with Gasteiger partial charge in [-0.3, -0.25) is 4.68 Å². The summed E-state index contributed by atoms with van der Waals surface area (Å²) in [5.74, 6) is 0. The van der Waals surface area contributed by atoms with Crippen LogP contribution in [0.3, 0.4) is 0 Å². The Hall–Kier alpha value is -2.00. The molecule has 2 aromatic carbocycles. The molecule has 8 heteroatoms. The minimum atomic E-state index is -1.42. The van der Waals surface area contributed by atoms with E-state index in [4.69, 9.17) is 16.3 Å². The van der Waals surface area contributed by atoms with E-state index in [9.17, 15) is 20.4 Å². The maximum atomic E-state index is 10.4. The molecule has 1 aliphatic heterocycles. The van der Waals surface area contributed by atoms with Gasteiger partial charge >= 0.3 is 0 Å². The second-order valence-corrected chi connectivity index (χ2v) is 8.04. The van der Waals surface area contributed by atoms with Gasteiger partial charge in [-0.15, -0.1) is 0 Å². The number of aliphatic hydroxyl groups is 4. The van der Waals surface area contributed by atoms with Crippen molar-refractivity contribution in [3.63, 3.8) is 0 Å². The first-order chi connectivity index (χ1) is 14.4. The summed E-state index contributed by atoms with van der Waals surface area (Å²) >= 11 is 6.42. The molecule has 1 saturated heterocycles. The van der Waals surface area contributed by atoms with Crippen LogP contribution in [0.2, 0.25) is 5.02 Å². The Labute approximate surface area is 179 Å². The Kier molecular flexibility index (Phi) is 6.11. The highest BCUT2D eigenvalue weighted by Gasteiger charge is 2.44. The van der Waals surface area contributed by atoms with E-state index < -0.39 is 37.1 Å². The van der Waals surface area contributed by atoms with Gasteiger partial charge in [-0.25, -0.2) is 0 Å². The van der Waals surface area contributed by atoms with Gasteiger partial charge in [0.05, 0.1) is 18.3 Å². The molecule has 1 aliphatic rings. The highest BCUT2D eigenvalue weighted by Crippen LogP contribution is 2.34. The van der Waals surface area contributed by atoms with Crippen LogP contribution >= 0.6 is 11.6 Å². The second kappa shape index (κ2) is 8.63. The highest BCUT2D eigenvalue weighted by molar-refractivity contribution is 6.31. The average Bonchev–Trinajstić information content (AvgIpc) is 3.16. The van der Waals surface area contributed by atoms with Crippen molar-refractivity contribution in [3.05, 3.63) is 64.3 Å². The molecule has 160 valence electrons. The minimum absolute atomic E-state index is 0.465. The van der Waals surface area contributed by atoms with Gasteiger partial charge in [-0.2, -0.15) is 5.10 Å². The molecule has 2 heterocycles.